The van der Waals surface area contributed by atoms with E-state index in [1.807, 2.05) is 6.92 Å². The molecular formula is C27H23F6N3O3. The van der Waals surface area contributed by atoms with Gasteiger partial charge in [0.1, 0.15) is 18.1 Å². The lowest BCUT2D eigenvalue weighted by Gasteiger charge is -2.16. The van der Waals surface area contributed by atoms with Crippen molar-refractivity contribution in [1.29, 1.82) is 0 Å². The Morgan fingerprint density at radius 1 is 0.897 bits per heavy atom. The average molecular weight is 551 g/mol. The van der Waals surface area contributed by atoms with E-state index in [1.165, 1.54) is 12.1 Å². The van der Waals surface area contributed by atoms with Crippen molar-refractivity contribution < 1.29 is 40.6 Å². The maximum absolute atomic E-state index is 13.4. The number of anilines is 1. The number of ether oxygens (including phenoxy) is 2. The molecule has 39 heavy (non-hydrogen) atoms. The number of aromatic nitrogens is 2. The summed E-state index contributed by atoms with van der Waals surface area (Å²) in [6, 6.07) is 12.4. The van der Waals surface area contributed by atoms with Gasteiger partial charge in [0.2, 0.25) is 0 Å². The molecule has 0 fully saturated rings. The number of hydrogen-bond donors (Lipinski definition) is 2. The van der Waals surface area contributed by atoms with Crippen LogP contribution in [0.2, 0.25) is 0 Å². The topological polar surface area (TPSA) is 76.2 Å². The van der Waals surface area contributed by atoms with E-state index < -0.39 is 41.6 Å². The Balaban J connectivity index is 1.48. The van der Waals surface area contributed by atoms with Gasteiger partial charge in [-0.15, -0.1) is 0 Å². The fourth-order valence-electron chi connectivity index (χ4n) is 3.70. The predicted octanol–water partition coefficient (Wildman–Crippen LogP) is 7.61. The van der Waals surface area contributed by atoms with Crippen molar-refractivity contribution in [3.05, 3.63) is 82.9 Å². The van der Waals surface area contributed by atoms with Crippen LogP contribution in [0.3, 0.4) is 0 Å². The Hall–Kier alpha value is -4.22. The molecule has 1 amide bonds. The van der Waals surface area contributed by atoms with Crippen LogP contribution in [0.15, 0.2) is 60.7 Å². The van der Waals surface area contributed by atoms with Gasteiger partial charge in [0.05, 0.1) is 23.3 Å². The van der Waals surface area contributed by atoms with Crippen LogP contribution < -0.4 is 14.8 Å². The highest BCUT2D eigenvalue weighted by Crippen LogP contribution is 2.38. The number of carbonyl (C=O) groups excluding carboxylic acids is 1. The van der Waals surface area contributed by atoms with Crippen LogP contribution in [-0.4, -0.2) is 22.7 Å². The van der Waals surface area contributed by atoms with Gasteiger partial charge in [-0.1, -0.05) is 19.4 Å². The van der Waals surface area contributed by atoms with E-state index in [-0.39, 0.29) is 17.6 Å². The Morgan fingerprint density at radius 3 is 2.28 bits per heavy atom. The first kappa shape index (κ1) is 27.8. The van der Waals surface area contributed by atoms with Crippen LogP contribution in [0.4, 0.5) is 32.2 Å². The fraction of sp³-hybridized carbons (Fsp3) is 0.259. The lowest BCUT2D eigenvalue weighted by molar-refractivity contribution is -0.143. The summed E-state index contributed by atoms with van der Waals surface area (Å²) in [6.45, 7) is 1.99. The maximum atomic E-state index is 13.4. The van der Waals surface area contributed by atoms with Gasteiger partial charge in [-0.2, -0.15) is 31.4 Å². The molecule has 206 valence electrons. The normalized spacial score (nSPS) is 12.0. The summed E-state index contributed by atoms with van der Waals surface area (Å²) in [7, 11) is 0. The molecule has 6 nitrogen and oxygen atoms in total. The quantitative estimate of drug-likeness (QED) is 0.166. The number of aromatic amines is 1. The Kier molecular flexibility index (Phi) is 8.03. The van der Waals surface area contributed by atoms with Gasteiger partial charge < -0.3 is 14.8 Å². The van der Waals surface area contributed by atoms with Crippen molar-refractivity contribution in [3.63, 3.8) is 0 Å². The number of alkyl halides is 6. The first-order valence-electron chi connectivity index (χ1n) is 11.9. The van der Waals surface area contributed by atoms with Crippen LogP contribution in [0.25, 0.3) is 10.9 Å². The van der Waals surface area contributed by atoms with E-state index in [2.05, 4.69) is 15.5 Å². The van der Waals surface area contributed by atoms with E-state index in [4.69, 9.17) is 9.47 Å². The lowest BCUT2D eigenvalue weighted by Crippen LogP contribution is -2.14. The zero-order chi connectivity index (χ0) is 28.2. The summed E-state index contributed by atoms with van der Waals surface area (Å²) in [5.41, 5.74) is -2.43. The molecule has 0 aliphatic heterocycles. The molecule has 0 aliphatic carbocycles. The standard InChI is InChI=1S/C27H23F6N3O3/c1-2-3-12-38-19-8-5-16(6-9-19)25(37)34-24-21-14-20(10-11-23(21)35-36-24)39-15-17-4-7-18(26(28,29)30)13-22(17)27(31,32)33/h4-11,13-14H,2-3,12,15H2,1H3,(H2,34,35,36,37). The van der Waals surface area contributed by atoms with Crippen LogP contribution in [0.1, 0.15) is 46.8 Å². The van der Waals surface area contributed by atoms with Crippen LogP contribution in [0.5, 0.6) is 11.5 Å². The highest BCUT2D eigenvalue weighted by atomic mass is 19.4. The molecule has 1 aromatic heterocycles. The zero-order valence-corrected chi connectivity index (χ0v) is 20.5. The molecule has 0 radical (unpaired) electrons. The van der Waals surface area contributed by atoms with Gasteiger partial charge in [0.15, 0.2) is 5.82 Å². The van der Waals surface area contributed by atoms with Gasteiger partial charge in [0.25, 0.3) is 5.91 Å². The molecule has 3 aromatic carbocycles. The van der Waals surface area contributed by atoms with Gasteiger partial charge in [-0.05, 0) is 61.0 Å². The minimum Gasteiger partial charge on any atom is -0.494 e. The maximum Gasteiger partial charge on any atom is 0.416 e. The Morgan fingerprint density at radius 2 is 1.62 bits per heavy atom. The second kappa shape index (κ2) is 11.3. The van der Waals surface area contributed by atoms with Gasteiger partial charge in [-0.3, -0.25) is 9.89 Å². The van der Waals surface area contributed by atoms with Crippen molar-refractivity contribution in [3.8, 4) is 11.5 Å². The largest absolute Gasteiger partial charge is 0.494 e. The van der Waals surface area contributed by atoms with Crippen molar-refractivity contribution >= 4 is 22.6 Å². The highest BCUT2D eigenvalue weighted by molar-refractivity contribution is 6.08. The van der Waals surface area contributed by atoms with Gasteiger partial charge in [-0.25, -0.2) is 0 Å². The number of H-pyrrole nitrogens is 1. The summed E-state index contributed by atoms with van der Waals surface area (Å²) in [4.78, 5) is 12.7. The minimum atomic E-state index is -5.01. The third-order valence-electron chi connectivity index (χ3n) is 5.79. The number of rotatable bonds is 9. The number of nitrogens with one attached hydrogen (secondary N) is 2. The van der Waals surface area contributed by atoms with E-state index >= 15 is 0 Å². The van der Waals surface area contributed by atoms with E-state index in [9.17, 15) is 31.1 Å². The molecule has 1 heterocycles. The third-order valence-corrected chi connectivity index (χ3v) is 5.79. The molecule has 0 saturated heterocycles. The van der Waals surface area contributed by atoms with Crippen LogP contribution >= 0.6 is 0 Å². The number of amides is 1. The summed E-state index contributed by atoms with van der Waals surface area (Å²) in [6.07, 6.45) is -8.02. The molecular weight excluding hydrogens is 528 g/mol. The summed E-state index contributed by atoms with van der Waals surface area (Å²) in [5.74, 6) is 0.471. The number of carbonyl (C=O) groups is 1. The number of benzene rings is 3. The van der Waals surface area contributed by atoms with Crippen molar-refractivity contribution in [2.75, 3.05) is 11.9 Å². The lowest BCUT2D eigenvalue weighted by atomic mass is 10.0. The SMILES string of the molecule is CCCCOc1ccc(C(=O)Nc2n[nH]c3ccc(OCc4ccc(C(F)(F)F)cc4C(F)(F)F)cc23)cc1. The summed E-state index contributed by atoms with van der Waals surface area (Å²) < 4.78 is 90.1. The van der Waals surface area contributed by atoms with Gasteiger partial charge in [0, 0.05) is 16.5 Å². The zero-order valence-electron chi connectivity index (χ0n) is 20.5. The predicted molar refractivity (Wildman–Crippen MR) is 132 cm³/mol. The number of hydrogen-bond acceptors (Lipinski definition) is 4. The monoisotopic (exact) mass is 551 g/mol. The molecule has 4 rings (SSSR count). The first-order valence-corrected chi connectivity index (χ1v) is 11.9. The second-order valence-corrected chi connectivity index (χ2v) is 8.62. The van der Waals surface area contributed by atoms with Gasteiger partial charge >= 0.3 is 12.4 Å². The molecule has 0 spiro atoms. The molecule has 0 atom stereocenters. The Bertz CT molecular complexity index is 1450. The highest BCUT2D eigenvalue weighted by Gasteiger charge is 2.38. The van der Waals surface area contributed by atoms with Crippen LogP contribution in [0, 0.1) is 0 Å². The Labute approximate surface area is 218 Å². The molecule has 2 N–H and O–H groups in total. The van der Waals surface area contributed by atoms with Crippen LogP contribution in [-0.2, 0) is 19.0 Å². The molecule has 0 saturated carbocycles. The number of unbranched alkanes of at least 4 members (excludes halogenated alkanes) is 1. The number of fused-ring (bicyclic) bond motifs is 1. The third kappa shape index (κ3) is 6.81. The molecule has 4 aromatic rings. The minimum absolute atomic E-state index is 0.0649. The van der Waals surface area contributed by atoms with E-state index in [0.717, 1.165) is 18.9 Å². The van der Waals surface area contributed by atoms with Crippen molar-refractivity contribution in [2.24, 2.45) is 0 Å². The molecule has 0 unspecified atom stereocenters. The van der Waals surface area contributed by atoms with Crippen molar-refractivity contribution in [2.45, 2.75) is 38.7 Å². The molecule has 12 heteroatoms. The fourth-order valence-corrected chi connectivity index (χ4v) is 3.70. The van der Waals surface area contributed by atoms with Crippen molar-refractivity contribution in [1.82, 2.24) is 10.2 Å². The summed E-state index contributed by atoms with van der Waals surface area (Å²) >= 11 is 0. The smallest absolute Gasteiger partial charge is 0.416 e. The first-order chi connectivity index (χ1) is 18.5. The van der Waals surface area contributed by atoms with E-state index in [0.29, 0.717) is 34.9 Å². The second-order valence-electron chi connectivity index (χ2n) is 8.62. The molecule has 0 aliphatic rings. The average Bonchev–Trinajstić information content (AvgIpc) is 3.28. The molecule has 0 bridgehead atoms. The number of halogens is 6. The summed E-state index contributed by atoms with van der Waals surface area (Å²) in [5, 5.41) is 9.90. The number of nitrogens with zero attached hydrogens (tertiary/aromatic N) is 1. The van der Waals surface area contributed by atoms with E-state index in [1.54, 1.807) is 30.3 Å².